The summed E-state index contributed by atoms with van der Waals surface area (Å²) in [5.74, 6) is 0.792. The van der Waals surface area contributed by atoms with Gasteiger partial charge in [0.25, 0.3) is 0 Å². The molecule has 4 heteroatoms. The third-order valence-corrected chi connectivity index (χ3v) is 10.9. The van der Waals surface area contributed by atoms with Crippen molar-refractivity contribution in [3.05, 3.63) is 164 Å². The summed E-state index contributed by atoms with van der Waals surface area (Å²) in [5.41, 5.74) is 9.73. The molecule has 9 aromatic carbocycles. The summed E-state index contributed by atoms with van der Waals surface area (Å²) in [6.07, 6.45) is 0. The molecule has 0 saturated heterocycles. The molecule has 4 nitrogen and oxygen atoms in total. The molecule has 0 aliphatic rings. The second-order valence-electron chi connectivity index (χ2n) is 13.7. The molecule has 0 unspecified atom stereocenters. The average Bonchev–Trinajstić information content (AvgIpc) is 3.76. The molecule has 0 amide bonds. The number of hydrogen-bond acceptors (Lipinski definition) is 3. The maximum atomic E-state index is 6.39. The van der Waals surface area contributed by atoms with Gasteiger partial charge in [0, 0.05) is 27.1 Å². The Kier molecular flexibility index (Phi) is 5.47. The van der Waals surface area contributed by atoms with Crippen molar-refractivity contribution < 1.29 is 4.42 Å². The van der Waals surface area contributed by atoms with E-state index >= 15 is 0 Å². The molecule has 12 aromatic rings. The zero-order chi connectivity index (χ0) is 33.9. The molecule has 0 saturated carbocycles. The van der Waals surface area contributed by atoms with Crippen LogP contribution in [0.25, 0.3) is 115 Å². The molecule has 12 rings (SSSR count). The Morgan fingerprint density at radius 3 is 2.02 bits per heavy atom. The monoisotopic (exact) mass is 661 g/mol. The van der Waals surface area contributed by atoms with Crippen LogP contribution >= 0.6 is 0 Å². The third-order valence-electron chi connectivity index (χ3n) is 10.9. The Morgan fingerprint density at radius 2 is 1.12 bits per heavy atom. The van der Waals surface area contributed by atoms with Crippen LogP contribution < -0.4 is 0 Å². The van der Waals surface area contributed by atoms with E-state index in [0.717, 1.165) is 66.6 Å². The molecule has 3 heterocycles. The summed E-state index contributed by atoms with van der Waals surface area (Å²) in [4.78, 5) is 11.0. The Hall–Kier alpha value is -7.04. The van der Waals surface area contributed by atoms with Crippen LogP contribution in [0.2, 0.25) is 0 Å². The van der Waals surface area contributed by atoms with Gasteiger partial charge in [-0.2, -0.15) is 0 Å². The fourth-order valence-corrected chi connectivity index (χ4v) is 8.72. The van der Waals surface area contributed by atoms with Crippen molar-refractivity contribution in [2.24, 2.45) is 0 Å². The second-order valence-corrected chi connectivity index (χ2v) is 13.7. The van der Waals surface area contributed by atoms with Crippen LogP contribution in [-0.4, -0.2) is 14.5 Å². The van der Waals surface area contributed by atoms with Gasteiger partial charge in [0.1, 0.15) is 16.9 Å². The lowest BCUT2D eigenvalue weighted by atomic mass is 9.89. The number of nitrogens with zero attached hydrogens (tertiary/aromatic N) is 3. The largest absolute Gasteiger partial charge is 0.456 e. The zero-order valence-electron chi connectivity index (χ0n) is 27.8. The van der Waals surface area contributed by atoms with E-state index in [2.05, 4.69) is 138 Å². The zero-order valence-corrected chi connectivity index (χ0v) is 27.8. The van der Waals surface area contributed by atoms with E-state index in [1.807, 2.05) is 30.3 Å². The van der Waals surface area contributed by atoms with Gasteiger partial charge in [-0.3, -0.25) is 4.57 Å². The number of furan rings is 1. The lowest BCUT2D eigenvalue weighted by Gasteiger charge is -2.15. The van der Waals surface area contributed by atoms with Gasteiger partial charge in [-0.25, -0.2) is 9.97 Å². The molecule has 0 radical (unpaired) electrons. The highest BCUT2D eigenvalue weighted by molar-refractivity contribution is 6.38. The Balaban J connectivity index is 1.31. The standard InChI is InChI=1S/C48H27N3O/c1-2-12-28(13-3-1)30-26-36-32-25-24-29-14-4-5-15-31(29)43(32)34-17-10-21-39-45(34)46(36)40(27-30)51(39)48-47(49-37-19-7-8-20-38(37)50-48)35-18-11-23-42-44(35)33-16-6-9-22-41(33)52-42/h1-27H. The first-order valence-electron chi connectivity index (χ1n) is 17.7. The number of rotatable bonds is 3. The predicted octanol–water partition coefficient (Wildman–Crippen LogP) is 12.9. The molecular weight excluding hydrogens is 635 g/mol. The maximum Gasteiger partial charge on any atom is 0.165 e. The Labute approximate surface area is 297 Å². The summed E-state index contributed by atoms with van der Waals surface area (Å²) in [5, 5.41) is 12.1. The topological polar surface area (TPSA) is 43.9 Å². The van der Waals surface area contributed by atoms with E-state index in [9.17, 15) is 0 Å². The van der Waals surface area contributed by atoms with E-state index in [4.69, 9.17) is 14.4 Å². The third kappa shape index (κ3) is 3.70. The predicted molar refractivity (Wildman–Crippen MR) is 216 cm³/mol. The summed E-state index contributed by atoms with van der Waals surface area (Å²) in [6, 6.07) is 58.2. The smallest absolute Gasteiger partial charge is 0.165 e. The molecule has 0 bridgehead atoms. The number of hydrogen-bond donors (Lipinski definition) is 0. The van der Waals surface area contributed by atoms with Crippen molar-refractivity contribution in [1.29, 1.82) is 0 Å². The van der Waals surface area contributed by atoms with Crippen molar-refractivity contribution >= 4 is 87.1 Å². The molecule has 0 atom stereocenters. The highest BCUT2D eigenvalue weighted by Crippen LogP contribution is 2.48. The molecule has 52 heavy (non-hydrogen) atoms. The number of fused-ring (bicyclic) bond motifs is 9. The van der Waals surface area contributed by atoms with Gasteiger partial charge in [-0.05, 0) is 85.9 Å². The fourth-order valence-electron chi connectivity index (χ4n) is 8.72. The van der Waals surface area contributed by atoms with Crippen molar-refractivity contribution in [1.82, 2.24) is 14.5 Å². The van der Waals surface area contributed by atoms with Crippen LogP contribution in [0, 0.1) is 0 Å². The highest BCUT2D eigenvalue weighted by Gasteiger charge is 2.26. The Morgan fingerprint density at radius 1 is 0.404 bits per heavy atom. The van der Waals surface area contributed by atoms with Crippen LogP contribution in [0.4, 0.5) is 0 Å². The minimum Gasteiger partial charge on any atom is -0.456 e. The van der Waals surface area contributed by atoms with Crippen molar-refractivity contribution in [2.45, 2.75) is 0 Å². The van der Waals surface area contributed by atoms with E-state index < -0.39 is 0 Å². The molecule has 0 aliphatic carbocycles. The van der Waals surface area contributed by atoms with Gasteiger partial charge in [-0.15, -0.1) is 0 Å². The molecule has 240 valence electrons. The maximum absolute atomic E-state index is 6.39. The quantitative estimate of drug-likeness (QED) is 0.177. The van der Waals surface area contributed by atoms with Gasteiger partial charge < -0.3 is 4.42 Å². The summed E-state index contributed by atoms with van der Waals surface area (Å²) in [6.45, 7) is 0. The second kappa shape index (κ2) is 10.3. The van der Waals surface area contributed by atoms with Gasteiger partial charge in [0.2, 0.25) is 0 Å². The van der Waals surface area contributed by atoms with Crippen LogP contribution in [0.1, 0.15) is 0 Å². The van der Waals surface area contributed by atoms with E-state index in [0.29, 0.717) is 0 Å². The summed E-state index contributed by atoms with van der Waals surface area (Å²) in [7, 11) is 0. The van der Waals surface area contributed by atoms with Crippen molar-refractivity contribution in [3.63, 3.8) is 0 Å². The van der Waals surface area contributed by atoms with Gasteiger partial charge in [0.15, 0.2) is 5.82 Å². The SMILES string of the molecule is c1ccc(-c2cc3c4ccc5ccccc5c4c4cccc5c4c3c(c2)n5-c2nc3ccccc3nc2-c2cccc3oc4ccccc4c23)cc1. The van der Waals surface area contributed by atoms with E-state index in [-0.39, 0.29) is 0 Å². The molecule has 0 N–H and O–H groups in total. The van der Waals surface area contributed by atoms with Crippen LogP contribution in [-0.2, 0) is 0 Å². The minimum absolute atomic E-state index is 0.792. The molecule has 0 fully saturated rings. The lowest BCUT2D eigenvalue weighted by molar-refractivity contribution is 0.669. The molecule has 0 aliphatic heterocycles. The van der Waals surface area contributed by atoms with Gasteiger partial charge >= 0.3 is 0 Å². The fraction of sp³-hybridized carbons (Fsp3) is 0. The highest BCUT2D eigenvalue weighted by atomic mass is 16.3. The van der Waals surface area contributed by atoms with Crippen LogP contribution in [0.5, 0.6) is 0 Å². The van der Waals surface area contributed by atoms with Gasteiger partial charge in [0.05, 0.1) is 22.1 Å². The van der Waals surface area contributed by atoms with E-state index in [1.54, 1.807) is 0 Å². The number of aromatic nitrogens is 3. The lowest BCUT2D eigenvalue weighted by Crippen LogP contribution is -2.04. The minimum atomic E-state index is 0.792. The number of para-hydroxylation sites is 3. The first-order valence-corrected chi connectivity index (χ1v) is 17.7. The van der Waals surface area contributed by atoms with Gasteiger partial charge in [-0.1, -0.05) is 121 Å². The summed E-state index contributed by atoms with van der Waals surface area (Å²) < 4.78 is 8.76. The van der Waals surface area contributed by atoms with Crippen LogP contribution in [0.3, 0.4) is 0 Å². The first kappa shape index (κ1) is 27.7. The molecular formula is C48H27N3O. The molecule has 0 spiro atoms. The first-order chi connectivity index (χ1) is 25.8. The van der Waals surface area contributed by atoms with E-state index in [1.165, 1.54) is 48.7 Å². The summed E-state index contributed by atoms with van der Waals surface area (Å²) >= 11 is 0. The van der Waals surface area contributed by atoms with Crippen molar-refractivity contribution in [2.75, 3.05) is 0 Å². The number of benzene rings is 9. The molecule has 3 aromatic heterocycles. The normalized spacial score (nSPS) is 12.2. The van der Waals surface area contributed by atoms with Crippen molar-refractivity contribution in [3.8, 4) is 28.2 Å². The average molecular weight is 662 g/mol. The Bertz CT molecular complexity index is 3410. The van der Waals surface area contributed by atoms with Crippen LogP contribution in [0.15, 0.2) is 168 Å².